The third-order valence-electron chi connectivity index (χ3n) is 2.51. The molecular formula is C14H23ClN6O. The molecule has 0 aliphatic carbocycles. The van der Waals surface area contributed by atoms with E-state index in [1.54, 1.807) is 12.1 Å². The number of hydrogen-bond donors (Lipinski definition) is 1. The lowest BCUT2D eigenvalue weighted by molar-refractivity contribution is 0.155. The fourth-order valence-corrected chi connectivity index (χ4v) is 1.49. The van der Waals surface area contributed by atoms with Crippen molar-refractivity contribution < 1.29 is 5.21 Å². The molecule has 0 bridgehead atoms. The molecule has 0 saturated carbocycles. The topological polar surface area (TPSA) is 78.9 Å². The van der Waals surface area contributed by atoms with E-state index in [4.69, 9.17) is 5.21 Å². The van der Waals surface area contributed by atoms with Gasteiger partial charge in [0.05, 0.1) is 12.6 Å². The van der Waals surface area contributed by atoms with Crippen LogP contribution in [-0.4, -0.2) is 65.0 Å². The Labute approximate surface area is 136 Å². The molecule has 7 nitrogen and oxygen atoms in total. The zero-order valence-electron chi connectivity index (χ0n) is 13.2. The van der Waals surface area contributed by atoms with Crippen LogP contribution in [0.3, 0.4) is 0 Å². The van der Waals surface area contributed by atoms with Gasteiger partial charge in [-0.2, -0.15) is 0 Å². The third kappa shape index (κ3) is 7.73. The van der Waals surface area contributed by atoms with E-state index in [2.05, 4.69) is 45.3 Å². The maximum Gasteiger partial charge on any atom is 0.130 e. The Bertz CT molecular complexity index is 592. The van der Waals surface area contributed by atoms with Crippen LogP contribution in [0.15, 0.2) is 34.3 Å². The standard InChI is InChI=1S/C8H17N3.C6H5N3O.ClH/c1-4-9-8-10-6-5-7-11(2)3;10-9-6-4-2-1-3-5(6)7-8-9;/h4-7H2,1-3H3;1-4,10H;1H. The normalized spacial score (nSPS) is 9.45. The van der Waals surface area contributed by atoms with E-state index in [0.717, 1.165) is 30.9 Å². The highest BCUT2D eigenvalue weighted by atomic mass is 35.5. The number of halogens is 1. The van der Waals surface area contributed by atoms with Gasteiger partial charge in [0, 0.05) is 6.54 Å². The lowest BCUT2D eigenvalue weighted by Gasteiger charge is -2.05. The van der Waals surface area contributed by atoms with Crippen LogP contribution < -0.4 is 0 Å². The molecule has 8 heteroatoms. The Kier molecular flexibility index (Phi) is 10.6. The van der Waals surface area contributed by atoms with Crippen molar-refractivity contribution in [2.24, 2.45) is 9.98 Å². The minimum Gasteiger partial charge on any atom is -0.410 e. The second-order valence-corrected chi connectivity index (χ2v) is 4.58. The maximum atomic E-state index is 8.95. The number of benzene rings is 1. The van der Waals surface area contributed by atoms with Gasteiger partial charge in [-0.05, 0) is 51.3 Å². The summed E-state index contributed by atoms with van der Waals surface area (Å²) < 4.78 is 0. The van der Waals surface area contributed by atoms with Gasteiger partial charge in [0.15, 0.2) is 0 Å². The molecule has 2 aromatic rings. The summed E-state index contributed by atoms with van der Waals surface area (Å²) in [6, 6.07) is 9.83. The molecule has 1 heterocycles. The highest BCUT2D eigenvalue weighted by Crippen LogP contribution is 2.06. The van der Waals surface area contributed by atoms with Gasteiger partial charge in [0.1, 0.15) is 11.0 Å². The Morgan fingerprint density at radius 1 is 1.27 bits per heavy atom. The van der Waals surface area contributed by atoms with E-state index in [0.29, 0.717) is 11.0 Å². The van der Waals surface area contributed by atoms with Gasteiger partial charge in [-0.3, -0.25) is 0 Å². The number of hydrogen-bond acceptors (Lipinski definition) is 6. The van der Waals surface area contributed by atoms with Crippen LogP contribution in [0.5, 0.6) is 0 Å². The Hall–Kier alpha value is -1.95. The predicted octanol–water partition coefficient (Wildman–Crippen LogP) is 2.22. The van der Waals surface area contributed by atoms with Crippen molar-refractivity contribution in [3.05, 3.63) is 24.3 Å². The number of para-hydroxylation sites is 1. The first-order valence-corrected chi connectivity index (χ1v) is 6.87. The quantitative estimate of drug-likeness (QED) is 0.519. The van der Waals surface area contributed by atoms with Crippen molar-refractivity contribution in [2.75, 3.05) is 33.7 Å². The molecule has 0 amide bonds. The molecule has 0 atom stereocenters. The van der Waals surface area contributed by atoms with E-state index in [1.165, 1.54) is 0 Å². The van der Waals surface area contributed by atoms with Crippen molar-refractivity contribution >= 4 is 29.4 Å². The van der Waals surface area contributed by atoms with Gasteiger partial charge in [-0.25, -0.2) is 9.98 Å². The predicted molar refractivity (Wildman–Crippen MR) is 90.4 cm³/mol. The smallest absolute Gasteiger partial charge is 0.130 e. The van der Waals surface area contributed by atoms with Crippen LogP contribution >= 0.6 is 12.4 Å². The summed E-state index contributed by atoms with van der Waals surface area (Å²) in [6.07, 6.45) is 1.08. The van der Waals surface area contributed by atoms with Crippen LogP contribution in [0.4, 0.5) is 0 Å². The van der Waals surface area contributed by atoms with Crippen molar-refractivity contribution in [1.82, 2.24) is 20.1 Å². The van der Waals surface area contributed by atoms with E-state index in [1.807, 2.05) is 19.1 Å². The van der Waals surface area contributed by atoms with Crippen molar-refractivity contribution in [1.29, 1.82) is 0 Å². The van der Waals surface area contributed by atoms with E-state index < -0.39 is 0 Å². The minimum absolute atomic E-state index is 0. The Morgan fingerprint density at radius 2 is 2.00 bits per heavy atom. The fourth-order valence-electron chi connectivity index (χ4n) is 1.49. The molecule has 0 spiro atoms. The zero-order chi connectivity index (χ0) is 15.5. The maximum absolute atomic E-state index is 8.95. The Morgan fingerprint density at radius 3 is 2.64 bits per heavy atom. The van der Waals surface area contributed by atoms with Gasteiger partial charge in [0.25, 0.3) is 0 Å². The first-order chi connectivity index (χ1) is 10.1. The number of fused-ring (bicyclic) bond motifs is 1. The lowest BCUT2D eigenvalue weighted by atomic mass is 10.3. The van der Waals surface area contributed by atoms with Crippen LogP contribution in [0.25, 0.3) is 11.0 Å². The highest BCUT2D eigenvalue weighted by molar-refractivity contribution is 5.85. The summed E-state index contributed by atoms with van der Waals surface area (Å²) in [5, 5.41) is 16.1. The van der Waals surface area contributed by atoms with Gasteiger partial charge in [-0.1, -0.05) is 17.0 Å². The molecule has 0 fully saturated rings. The molecular weight excluding hydrogens is 304 g/mol. The zero-order valence-corrected chi connectivity index (χ0v) is 14.0. The van der Waals surface area contributed by atoms with E-state index in [9.17, 15) is 0 Å². The van der Waals surface area contributed by atoms with Crippen LogP contribution in [0.2, 0.25) is 0 Å². The lowest BCUT2D eigenvalue weighted by Crippen LogP contribution is -2.13. The fraction of sp³-hybridized carbons (Fsp3) is 0.500. The molecule has 1 aromatic carbocycles. The molecule has 1 aromatic heterocycles. The first-order valence-electron chi connectivity index (χ1n) is 6.87. The van der Waals surface area contributed by atoms with Gasteiger partial charge in [-0.15, -0.1) is 17.5 Å². The van der Waals surface area contributed by atoms with E-state index >= 15 is 0 Å². The molecule has 22 heavy (non-hydrogen) atoms. The SMILES string of the molecule is CCN=C=NCCCN(C)C.Cl.On1nnc2ccccc21. The average Bonchev–Trinajstić information content (AvgIpc) is 2.85. The van der Waals surface area contributed by atoms with E-state index in [-0.39, 0.29) is 12.4 Å². The van der Waals surface area contributed by atoms with Crippen LogP contribution in [-0.2, 0) is 0 Å². The average molecular weight is 327 g/mol. The van der Waals surface area contributed by atoms with Gasteiger partial charge in [0.2, 0.25) is 0 Å². The number of aliphatic imine (C=N–C) groups is 2. The summed E-state index contributed by atoms with van der Waals surface area (Å²) in [7, 11) is 4.12. The Balaban J connectivity index is 0.000000383. The number of rotatable bonds is 5. The summed E-state index contributed by atoms with van der Waals surface area (Å²) in [5.41, 5.74) is 1.33. The molecule has 0 saturated heterocycles. The summed E-state index contributed by atoms with van der Waals surface area (Å²) in [5.74, 6) is 0. The molecule has 0 aliphatic rings. The monoisotopic (exact) mass is 326 g/mol. The van der Waals surface area contributed by atoms with Crippen molar-refractivity contribution in [2.45, 2.75) is 13.3 Å². The van der Waals surface area contributed by atoms with Crippen LogP contribution in [0, 0.1) is 0 Å². The van der Waals surface area contributed by atoms with Crippen LogP contribution in [0.1, 0.15) is 13.3 Å². The number of nitrogens with zero attached hydrogens (tertiary/aromatic N) is 6. The summed E-state index contributed by atoms with van der Waals surface area (Å²) in [4.78, 5) is 10.8. The molecule has 122 valence electrons. The molecule has 0 radical (unpaired) electrons. The highest BCUT2D eigenvalue weighted by Gasteiger charge is 1.98. The molecule has 0 aliphatic heterocycles. The van der Waals surface area contributed by atoms with Gasteiger partial charge < -0.3 is 10.1 Å². The minimum atomic E-state index is 0. The van der Waals surface area contributed by atoms with Crippen molar-refractivity contribution in [3.8, 4) is 0 Å². The van der Waals surface area contributed by atoms with Crippen molar-refractivity contribution in [3.63, 3.8) is 0 Å². The summed E-state index contributed by atoms with van der Waals surface area (Å²) in [6.45, 7) is 4.67. The molecule has 0 unspecified atom stereocenters. The first kappa shape index (κ1) is 20.1. The second kappa shape index (κ2) is 11.7. The third-order valence-corrected chi connectivity index (χ3v) is 2.51. The molecule has 1 N–H and O–H groups in total. The second-order valence-electron chi connectivity index (χ2n) is 4.58. The van der Waals surface area contributed by atoms with Gasteiger partial charge >= 0.3 is 0 Å². The summed E-state index contributed by atoms with van der Waals surface area (Å²) >= 11 is 0. The largest absolute Gasteiger partial charge is 0.410 e. The molecule has 2 rings (SSSR count). The number of aromatic nitrogens is 3.